The Kier molecular flexibility index (Phi) is 3.73. The lowest BCUT2D eigenvalue weighted by Gasteiger charge is -2.14. The second kappa shape index (κ2) is 5.12. The highest BCUT2D eigenvalue weighted by Crippen LogP contribution is 2.31. The molecule has 0 aliphatic heterocycles. The van der Waals surface area contributed by atoms with Crippen LogP contribution >= 0.6 is 11.3 Å². The molecule has 1 aromatic carbocycles. The monoisotopic (exact) mass is 261 g/mol. The van der Waals surface area contributed by atoms with Crippen molar-refractivity contribution >= 4 is 11.3 Å². The van der Waals surface area contributed by atoms with Crippen LogP contribution in [0.2, 0.25) is 0 Å². The zero-order valence-electron chi connectivity index (χ0n) is 11.3. The highest BCUT2D eigenvalue weighted by Gasteiger charge is 2.15. The molecule has 1 atom stereocenters. The average Bonchev–Trinajstić information content (AvgIpc) is 2.68. The predicted molar refractivity (Wildman–Crippen MR) is 77.6 cm³/mol. The van der Waals surface area contributed by atoms with Gasteiger partial charge in [-0.1, -0.05) is 12.1 Å². The molecule has 0 saturated carbocycles. The third-order valence-electron chi connectivity index (χ3n) is 3.21. The normalized spacial score (nSPS) is 12.5. The fourth-order valence-electron chi connectivity index (χ4n) is 2.17. The standard InChI is InChI=1S/C15H19NOS/c1-9-5-6-12(8-14(9)17-4)15(16)13-7-10(2)18-11(13)3/h5-8,15H,16H2,1-4H3. The largest absolute Gasteiger partial charge is 0.496 e. The first kappa shape index (κ1) is 13.1. The lowest BCUT2D eigenvalue weighted by atomic mass is 9.98. The molecule has 2 N–H and O–H groups in total. The SMILES string of the molecule is COc1cc(C(N)c2cc(C)sc2C)ccc1C. The van der Waals surface area contributed by atoms with E-state index in [4.69, 9.17) is 10.5 Å². The Morgan fingerprint density at radius 3 is 2.44 bits per heavy atom. The van der Waals surface area contributed by atoms with Crippen LogP contribution in [-0.2, 0) is 0 Å². The molecular formula is C15H19NOS. The summed E-state index contributed by atoms with van der Waals surface area (Å²) in [5, 5.41) is 0. The fraction of sp³-hybridized carbons (Fsp3) is 0.333. The maximum absolute atomic E-state index is 6.36. The van der Waals surface area contributed by atoms with E-state index in [1.807, 2.05) is 13.0 Å². The first-order chi connectivity index (χ1) is 8.52. The maximum Gasteiger partial charge on any atom is 0.122 e. The molecule has 1 aromatic heterocycles. The quantitative estimate of drug-likeness (QED) is 0.913. The van der Waals surface area contributed by atoms with Crippen LogP contribution < -0.4 is 10.5 Å². The van der Waals surface area contributed by atoms with Crippen LogP contribution in [0.3, 0.4) is 0 Å². The van der Waals surface area contributed by atoms with Crippen molar-refractivity contribution in [2.75, 3.05) is 7.11 Å². The maximum atomic E-state index is 6.36. The zero-order chi connectivity index (χ0) is 13.3. The van der Waals surface area contributed by atoms with Gasteiger partial charge in [-0.3, -0.25) is 0 Å². The molecule has 0 saturated heterocycles. The lowest BCUT2D eigenvalue weighted by molar-refractivity contribution is 0.411. The first-order valence-electron chi connectivity index (χ1n) is 6.00. The summed E-state index contributed by atoms with van der Waals surface area (Å²) in [5.74, 6) is 0.896. The number of methoxy groups -OCH3 is 1. The first-order valence-corrected chi connectivity index (χ1v) is 6.81. The van der Waals surface area contributed by atoms with E-state index in [9.17, 15) is 0 Å². The van der Waals surface area contributed by atoms with Crippen LogP contribution in [0.1, 0.15) is 32.5 Å². The van der Waals surface area contributed by atoms with E-state index >= 15 is 0 Å². The summed E-state index contributed by atoms with van der Waals surface area (Å²) in [6.07, 6.45) is 0. The van der Waals surface area contributed by atoms with Crippen molar-refractivity contribution in [3.8, 4) is 5.75 Å². The molecular weight excluding hydrogens is 242 g/mol. The Morgan fingerprint density at radius 1 is 1.17 bits per heavy atom. The number of hydrogen-bond acceptors (Lipinski definition) is 3. The number of rotatable bonds is 3. The fourth-order valence-corrected chi connectivity index (χ4v) is 3.14. The molecule has 2 nitrogen and oxygen atoms in total. The summed E-state index contributed by atoms with van der Waals surface area (Å²) in [7, 11) is 1.69. The summed E-state index contributed by atoms with van der Waals surface area (Å²) in [6, 6.07) is 8.27. The van der Waals surface area contributed by atoms with Gasteiger partial charge in [-0.05, 0) is 49.6 Å². The Labute approximate surface area is 112 Å². The minimum Gasteiger partial charge on any atom is -0.496 e. The summed E-state index contributed by atoms with van der Waals surface area (Å²) in [5.41, 5.74) is 9.79. The Hall–Kier alpha value is -1.32. The van der Waals surface area contributed by atoms with Gasteiger partial charge in [0.25, 0.3) is 0 Å². The smallest absolute Gasteiger partial charge is 0.122 e. The van der Waals surface area contributed by atoms with Gasteiger partial charge < -0.3 is 10.5 Å². The Bertz CT molecular complexity index is 560. The van der Waals surface area contributed by atoms with Gasteiger partial charge in [0.05, 0.1) is 13.2 Å². The highest BCUT2D eigenvalue weighted by molar-refractivity contribution is 7.12. The van der Waals surface area contributed by atoms with Gasteiger partial charge in [-0.25, -0.2) is 0 Å². The van der Waals surface area contributed by atoms with E-state index in [1.54, 1.807) is 18.4 Å². The zero-order valence-corrected chi connectivity index (χ0v) is 12.1. The molecule has 1 unspecified atom stereocenters. The molecule has 0 fully saturated rings. The van der Waals surface area contributed by atoms with Crippen LogP contribution in [0.15, 0.2) is 24.3 Å². The average molecular weight is 261 g/mol. The number of hydrogen-bond donors (Lipinski definition) is 1. The second-order valence-electron chi connectivity index (χ2n) is 4.58. The number of aryl methyl sites for hydroxylation is 3. The number of nitrogens with two attached hydrogens (primary N) is 1. The lowest BCUT2D eigenvalue weighted by Crippen LogP contribution is -2.12. The third-order valence-corrected chi connectivity index (χ3v) is 4.19. The highest BCUT2D eigenvalue weighted by atomic mass is 32.1. The van der Waals surface area contributed by atoms with Gasteiger partial charge in [0, 0.05) is 9.75 Å². The van der Waals surface area contributed by atoms with Crippen molar-refractivity contribution in [1.29, 1.82) is 0 Å². The van der Waals surface area contributed by atoms with Gasteiger partial charge in [0.2, 0.25) is 0 Å². The van der Waals surface area contributed by atoms with Gasteiger partial charge in [-0.15, -0.1) is 11.3 Å². The molecule has 2 aromatic rings. The van der Waals surface area contributed by atoms with E-state index in [0.29, 0.717) is 0 Å². The molecule has 3 heteroatoms. The van der Waals surface area contributed by atoms with Crippen molar-refractivity contribution < 1.29 is 4.74 Å². The van der Waals surface area contributed by atoms with Crippen LogP contribution in [0, 0.1) is 20.8 Å². The summed E-state index contributed by atoms with van der Waals surface area (Å²) < 4.78 is 5.35. The van der Waals surface area contributed by atoms with Gasteiger partial charge >= 0.3 is 0 Å². The van der Waals surface area contributed by atoms with Gasteiger partial charge in [-0.2, -0.15) is 0 Å². The van der Waals surface area contributed by atoms with Crippen molar-refractivity contribution in [1.82, 2.24) is 0 Å². The van der Waals surface area contributed by atoms with Crippen LogP contribution in [-0.4, -0.2) is 7.11 Å². The van der Waals surface area contributed by atoms with Crippen molar-refractivity contribution in [3.63, 3.8) is 0 Å². The number of thiophene rings is 1. The van der Waals surface area contributed by atoms with E-state index in [1.165, 1.54) is 15.3 Å². The molecule has 0 aliphatic carbocycles. The molecule has 0 aliphatic rings. The molecule has 2 rings (SSSR count). The van der Waals surface area contributed by atoms with Crippen LogP contribution in [0.5, 0.6) is 5.75 Å². The summed E-state index contributed by atoms with van der Waals surface area (Å²) in [6.45, 7) is 6.27. The third kappa shape index (κ3) is 2.42. The van der Waals surface area contributed by atoms with Crippen LogP contribution in [0.25, 0.3) is 0 Å². The molecule has 0 bridgehead atoms. The van der Waals surface area contributed by atoms with Gasteiger partial charge in [0.1, 0.15) is 5.75 Å². The van der Waals surface area contributed by atoms with E-state index in [2.05, 4.69) is 32.0 Å². The number of ether oxygens (including phenoxy) is 1. The molecule has 18 heavy (non-hydrogen) atoms. The topological polar surface area (TPSA) is 35.2 Å². The van der Waals surface area contributed by atoms with E-state index < -0.39 is 0 Å². The molecule has 0 radical (unpaired) electrons. The molecule has 0 amide bonds. The second-order valence-corrected chi connectivity index (χ2v) is 6.04. The van der Waals surface area contributed by atoms with E-state index in [0.717, 1.165) is 16.9 Å². The minimum atomic E-state index is -0.0792. The van der Waals surface area contributed by atoms with Crippen LogP contribution in [0.4, 0.5) is 0 Å². The van der Waals surface area contributed by atoms with Crippen molar-refractivity contribution in [2.45, 2.75) is 26.8 Å². The number of benzene rings is 1. The van der Waals surface area contributed by atoms with E-state index in [-0.39, 0.29) is 6.04 Å². The molecule has 0 spiro atoms. The minimum absolute atomic E-state index is 0.0792. The van der Waals surface area contributed by atoms with Gasteiger partial charge in [0.15, 0.2) is 0 Å². The molecule has 1 heterocycles. The van der Waals surface area contributed by atoms with Crippen molar-refractivity contribution in [2.24, 2.45) is 5.73 Å². The summed E-state index contributed by atoms with van der Waals surface area (Å²) in [4.78, 5) is 2.59. The summed E-state index contributed by atoms with van der Waals surface area (Å²) >= 11 is 1.79. The van der Waals surface area contributed by atoms with Crippen molar-refractivity contribution in [3.05, 3.63) is 50.7 Å². The Balaban J connectivity index is 2.39. The predicted octanol–water partition coefficient (Wildman–Crippen LogP) is 3.73. The molecule has 96 valence electrons. The Morgan fingerprint density at radius 2 is 1.89 bits per heavy atom.